The van der Waals surface area contributed by atoms with Gasteiger partial charge in [-0.05, 0) is 17.7 Å². The lowest BCUT2D eigenvalue weighted by Gasteiger charge is -2.10. The summed E-state index contributed by atoms with van der Waals surface area (Å²) in [5, 5.41) is 0.472. The fourth-order valence-corrected chi connectivity index (χ4v) is 2.37. The highest BCUT2D eigenvalue weighted by Crippen LogP contribution is 2.26. The van der Waals surface area contributed by atoms with Crippen LogP contribution in [0.5, 0.6) is 0 Å². The largest absolute Gasteiger partial charge is 0.286 e. The van der Waals surface area contributed by atoms with Crippen molar-refractivity contribution >= 4 is 41.4 Å². The van der Waals surface area contributed by atoms with E-state index in [1.54, 1.807) is 24.3 Å². The van der Waals surface area contributed by atoms with Crippen LogP contribution in [0.4, 0.5) is 0 Å². The van der Waals surface area contributed by atoms with Gasteiger partial charge in [-0.3, -0.25) is 19.3 Å². The maximum absolute atomic E-state index is 12.2. The molecule has 1 aromatic carbocycles. The van der Waals surface area contributed by atoms with Crippen molar-refractivity contribution in [2.75, 3.05) is 6.54 Å². The number of carbonyl (C=O) groups excluding carboxylic acids is 3. The smallest absolute Gasteiger partial charge is 0.275 e. The molecule has 0 spiro atoms. The number of carbonyl (C=O) groups is 3. The van der Waals surface area contributed by atoms with Gasteiger partial charge in [0, 0.05) is 11.9 Å². The number of rotatable bonds is 1. The first-order chi connectivity index (χ1) is 9.99. The molecule has 2 heterocycles. The number of hydrogen-bond acceptors (Lipinski definition) is 4. The van der Waals surface area contributed by atoms with Crippen LogP contribution in [0.2, 0.25) is 5.02 Å². The molecule has 0 atom stereocenters. The normalized spacial score (nSPS) is 19.3. The summed E-state index contributed by atoms with van der Waals surface area (Å²) in [6.07, 6.45) is 1.50. The fourth-order valence-electron chi connectivity index (χ4n) is 2.18. The molecule has 1 aromatic rings. The molecule has 3 amide bonds. The molecule has 21 heavy (non-hydrogen) atoms. The Morgan fingerprint density at radius 3 is 2.71 bits per heavy atom. The van der Waals surface area contributed by atoms with E-state index in [4.69, 9.17) is 11.6 Å². The first-order valence-electron chi connectivity index (χ1n) is 6.19. The maximum Gasteiger partial charge on any atom is 0.286 e. The first-order valence-corrected chi connectivity index (χ1v) is 6.57. The summed E-state index contributed by atoms with van der Waals surface area (Å²) in [7, 11) is 0. The average molecular weight is 304 g/mol. The van der Waals surface area contributed by atoms with Crippen molar-refractivity contribution in [1.82, 2.24) is 9.80 Å². The van der Waals surface area contributed by atoms with E-state index in [2.05, 4.69) is 4.99 Å². The van der Waals surface area contributed by atoms with E-state index in [1.807, 2.05) is 0 Å². The summed E-state index contributed by atoms with van der Waals surface area (Å²) in [5.41, 5.74) is 0.701. The van der Waals surface area contributed by atoms with Gasteiger partial charge in [0.2, 0.25) is 11.9 Å². The van der Waals surface area contributed by atoms with Crippen LogP contribution in [0.1, 0.15) is 12.5 Å². The van der Waals surface area contributed by atoms with Gasteiger partial charge in [0.25, 0.3) is 11.8 Å². The van der Waals surface area contributed by atoms with Crippen molar-refractivity contribution in [3.05, 3.63) is 40.5 Å². The quantitative estimate of drug-likeness (QED) is 0.579. The minimum atomic E-state index is -0.543. The lowest BCUT2D eigenvalue weighted by molar-refractivity contribution is -0.136. The van der Waals surface area contributed by atoms with Crippen molar-refractivity contribution in [2.24, 2.45) is 4.99 Å². The third-order valence-electron chi connectivity index (χ3n) is 3.20. The summed E-state index contributed by atoms with van der Waals surface area (Å²) in [4.78, 5) is 41.7. The van der Waals surface area contributed by atoms with E-state index in [0.717, 1.165) is 4.90 Å². The number of aliphatic imine (C=N–C) groups is 1. The van der Waals surface area contributed by atoms with E-state index in [-0.39, 0.29) is 24.1 Å². The van der Waals surface area contributed by atoms with Crippen molar-refractivity contribution in [3.63, 3.8) is 0 Å². The summed E-state index contributed by atoms with van der Waals surface area (Å²) >= 11 is 6.03. The molecule has 0 unspecified atom stereocenters. The van der Waals surface area contributed by atoms with Crippen LogP contribution < -0.4 is 0 Å². The molecule has 0 saturated carbocycles. The molecule has 0 N–H and O–H groups in total. The number of halogens is 1. The standard InChI is InChI=1S/C14H10ClN3O3/c1-8(19)17-7-12(20)18-13(21)11(16-14(17)18)6-9-4-2-3-5-10(9)15/h2-6H,7H2,1H3/b11-6-. The second-order valence-electron chi connectivity index (χ2n) is 4.60. The maximum atomic E-state index is 12.2. The van der Waals surface area contributed by atoms with Crippen LogP contribution >= 0.6 is 11.6 Å². The highest BCUT2D eigenvalue weighted by Gasteiger charge is 2.45. The molecular formula is C14H10ClN3O3. The molecule has 0 bridgehead atoms. The Labute approximate surface area is 125 Å². The second kappa shape index (κ2) is 4.82. The molecule has 0 radical (unpaired) electrons. The van der Waals surface area contributed by atoms with Crippen LogP contribution in [0, 0.1) is 0 Å². The number of benzene rings is 1. The number of fused-ring (bicyclic) bond motifs is 1. The third kappa shape index (κ3) is 2.13. The zero-order chi connectivity index (χ0) is 15.1. The lowest BCUT2D eigenvalue weighted by atomic mass is 10.2. The Hall–Kier alpha value is -2.47. The van der Waals surface area contributed by atoms with Crippen molar-refractivity contribution in [3.8, 4) is 0 Å². The van der Waals surface area contributed by atoms with Gasteiger partial charge in [-0.15, -0.1) is 0 Å². The van der Waals surface area contributed by atoms with Gasteiger partial charge in [0.05, 0.1) is 0 Å². The summed E-state index contributed by atoms with van der Waals surface area (Å²) in [5.74, 6) is -1.28. The first kappa shape index (κ1) is 13.5. The topological polar surface area (TPSA) is 70.1 Å². The molecule has 1 fully saturated rings. The predicted molar refractivity (Wildman–Crippen MR) is 76.1 cm³/mol. The number of amides is 3. The highest BCUT2D eigenvalue weighted by molar-refractivity contribution is 6.33. The molecule has 0 aliphatic carbocycles. The monoisotopic (exact) mass is 303 g/mol. The number of imide groups is 1. The van der Waals surface area contributed by atoms with E-state index in [1.165, 1.54) is 17.9 Å². The van der Waals surface area contributed by atoms with E-state index in [9.17, 15) is 14.4 Å². The van der Waals surface area contributed by atoms with E-state index < -0.39 is 11.8 Å². The second-order valence-corrected chi connectivity index (χ2v) is 5.01. The molecule has 0 aromatic heterocycles. The zero-order valence-electron chi connectivity index (χ0n) is 11.0. The molecule has 1 saturated heterocycles. The third-order valence-corrected chi connectivity index (χ3v) is 3.55. The van der Waals surface area contributed by atoms with Crippen molar-refractivity contribution in [1.29, 1.82) is 0 Å². The van der Waals surface area contributed by atoms with Crippen LogP contribution in [-0.4, -0.2) is 40.0 Å². The Kier molecular flexibility index (Phi) is 3.10. The molecule has 2 aliphatic rings. The Balaban J connectivity index is 2.04. The van der Waals surface area contributed by atoms with Crippen LogP contribution in [-0.2, 0) is 14.4 Å². The Morgan fingerprint density at radius 2 is 2.05 bits per heavy atom. The summed E-state index contributed by atoms with van der Waals surface area (Å²) in [6.45, 7) is 1.17. The van der Waals surface area contributed by atoms with Crippen LogP contribution in [0.25, 0.3) is 6.08 Å². The van der Waals surface area contributed by atoms with Crippen LogP contribution in [0.15, 0.2) is 35.0 Å². The lowest BCUT2D eigenvalue weighted by Crippen LogP contribution is -2.36. The van der Waals surface area contributed by atoms with Gasteiger partial charge in [-0.1, -0.05) is 29.8 Å². The summed E-state index contributed by atoms with van der Waals surface area (Å²) < 4.78 is 0. The van der Waals surface area contributed by atoms with E-state index >= 15 is 0 Å². The minimum Gasteiger partial charge on any atom is -0.275 e. The minimum absolute atomic E-state index is 0.0656. The fraction of sp³-hybridized carbons (Fsp3) is 0.143. The van der Waals surface area contributed by atoms with Gasteiger partial charge in [-0.2, -0.15) is 0 Å². The zero-order valence-corrected chi connectivity index (χ0v) is 11.8. The van der Waals surface area contributed by atoms with Crippen molar-refractivity contribution < 1.29 is 14.4 Å². The molecule has 7 heteroatoms. The van der Waals surface area contributed by atoms with Gasteiger partial charge in [-0.25, -0.2) is 9.89 Å². The van der Waals surface area contributed by atoms with Gasteiger partial charge < -0.3 is 0 Å². The van der Waals surface area contributed by atoms with Gasteiger partial charge in [0.15, 0.2) is 0 Å². The molecular weight excluding hydrogens is 294 g/mol. The van der Waals surface area contributed by atoms with Crippen molar-refractivity contribution in [2.45, 2.75) is 6.92 Å². The summed E-state index contributed by atoms with van der Waals surface area (Å²) in [6, 6.07) is 6.97. The van der Waals surface area contributed by atoms with Gasteiger partial charge >= 0.3 is 0 Å². The highest BCUT2D eigenvalue weighted by atomic mass is 35.5. The predicted octanol–water partition coefficient (Wildman–Crippen LogP) is 1.27. The molecule has 106 valence electrons. The number of hydrogen-bond donors (Lipinski definition) is 0. The number of guanidine groups is 1. The average Bonchev–Trinajstić information content (AvgIpc) is 2.92. The Bertz CT molecular complexity index is 739. The molecule has 3 rings (SSSR count). The number of nitrogens with zero attached hydrogens (tertiary/aromatic N) is 3. The Morgan fingerprint density at radius 1 is 1.33 bits per heavy atom. The van der Waals surface area contributed by atoms with Gasteiger partial charge in [0.1, 0.15) is 12.2 Å². The van der Waals surface area contributed by atoms with E-state index in [0.29, 0.717) is 10.6 Å². The SMILES string of the molecule is CC(=O)N1CC(=O)N2C(=O)/C(=C/c3ccccc3Cl)N=C12. The van der Waals surface area contributed by atoms with Crippen LogP contribution in [0.3, 0.4) is 0 Å². The molecule has 6 nitrogen and oxygen atoms in total. The molecule has 2 aliphatic heterocycles.